The van der Waals surface area contributed by atoms with Crippen molar-refractivity contribution in [3.8, 4) is 0 Å². The maximum Gasteiger partial charge on any atom is 0.0186 e. The van der Waals surface area contributed by atoms with E-state index in [2.05, 4.69) is 40.2 Å². The van der Waals surface area contributed by atoms with Crippen molar-refractivity contribution in [2.45, 2.75) is 49.5 Å². The molecule has 0 heterocycles. The number of thioether (sulfide) groups is 1. The summed E-state index contributed by atoms with van der Waals surface area (Å²) in [6.07, 6.45) is 8.23. The molecule has 1 aliphatic rings. The van der Waals surface area contributed by atoms with Crippen LogP contribution in [0.3, 0.4) is 0 Å². The fourth-order valence-electron chi connectivity index (χ4n) is 2.62. The first kappa shape index (κ1) is 14.4. The lowest BCUT2D eigenvalue weighted by atomic mass is 9.94. The fraction of sp³-hybridized carbons (Fsp3) is 0.600. The molecule has 1 aromatic rings. The van der Waals surface area contributed by atoms with E-state index in [-0.39, 0.29) is 0 Å². The van der Waals surface area contributed by atoms with Crippen LogP contribution in [0.1, 0.15) is 38.5 Å². The zero-order chi connectivity index (χ0) is 12.8. The minimum Gasteiger partial charge on any atom is -0.327 e. The van der Waals surface area contributed by atoms with E-state index in [0.29, 0.717) is 6.04 Å². The predicted molar refractivity (Wildman–Crippen MR) is 84.0 cm³/mol. The highest BCUT2D eigenvalue weighted by molar-refractivity contribution is 9.10. The summed E-state index contributed by atoms with van der Waals surface area (Å²) < 4.78 is 1.15. The lowest BCUT2D eigenvalue weighted by molar-refractivity contribution is 0.397. The smallest absolute Gasteiger partial charge is 0.0186 e. The average molecular weight is 328 g/mol. The van der Waals surface area contributed by atoms with Crippen molar-refractivity contribution in [1.82, 2.24) is 0 Å². The summed E-state index contributed by atoms with van der Waals surface area (Å²) in [5.74, 6) is 1.79. The SMILES string of the molecule is NC(CSc1cccc(Br)c1)C1CCCCCC1. The van der Waals surface area contributed by atoms with E-state index in [0.717, 1.165) is 16.1 Å². The number of nitrogens with two attached hydrogens (primary N) is 1. The van der Waals surface area contributed by atoms with Gasteiger partial charge in [-0.15, -0.1) is 11.8 Å². The Bertz CT molecular complexity index is 361. The molecule has 1 nitrogen and oxygen atoms in total. The van der Waals surface area contributed by atoms with E-state index < -0.39 is 0 Å². The lowest BCUT2D eigenvalue weighted by Gasteiger charge is -2.21. The second-order valence-corrected chi connectivity index (χ2v) is 7.19. The van der Waals surface area contributed by atoms with Gasteiger partial charge in [-0.3, -0.25) is 0 Å². The molecule has 1 aliphatic carbocycles. The highest BCUT2D eigenvalue weighted by atomic mass is 79.9. The van der Waals surface area contributed by atoms with Crippen LogP contribution in [0.4, 0.5) is 0 Å². The van der Waals surface area contributed by atoms with Crippen LogP contribution in [-0.4, -0.2) is 11.8 Å². The van der Waals surface area contributed by atoms with E-state index in [9.17, 15) is 0 Å². The molecule has 3 heteroatoms. The van der Waals surface area contributed by atoms with Crippen molar-refractivity contribution in [2.24, 2.45) is 11.7 Å². The molecule has 0 saturated heterocycles. The van der Waals surface area contributed by atoms with Gasteiger partial charge in [0.2, 0.25) is 0 Å². The molecule has 1 saturated carbocycles. The minimum atomic E-state index is 0.354. The number of hydrogen-bond donors (Lipinski definition) is 1. The number of hydrogen-bond acceptors (Lipinski definition) is 2. The lowest BCUT2D eigenvalue weighted by Crippen LogP contribution is -2.32. The molecule has 1 aromatic carbocycles. The Morgan fingerprint density at radius 3 is 2.61 bits per heavy atom. The molecule has 2 N–H and O–H groups in total. The number of benzene rings is 1. The van der Waals surface area contributed by atoms with Gasteiger partial charge in [0, 0.05) is 21.2 Å². The normalized spacial score (nSPS) is 19.4. The second-order valence-electron chi connectivity index (χ2n) is 5.18. The molecule has 100 valence electrons. The maximum atomic E-state index is 6.37. The van der Waals surface area contributed by atoms with Crippen LogP contribution in [0.2, 0.25) is 0 Å². The van der Waals surface area contributed by atoms with Gasteiger partial charge in [0.05, 0.1) is 0 Å². The van der Waals surface area contributed by atoms with E-state index in [4.69, 9.17) is 5.73 Å². The first-order valence-corrected chi connectivity index (χ1v) is 8.67. The Labute approximate surface area is 123 Å². The third-order valence-electron chi connectivity index (χ3n) is 3.74. The quantitative estimate of drug-likeness (QED) is 0.632. The van der Waals surface area contributed by atoms with Gasteiger partial charge in [-0.25, -0.2) is 0 Å². The topological polar surface area (TPSA) is 26.0 Å². The van der Waals surface area contributed by atoms with E-state index in [1.54, 1.807) is 0 Å². The average Bonchev–Trinajstić information content (AvgIpc) is 2.65. The first-order valence-electron chi connectivity index (χ1n) is 6.89. The van der Waals surface area contributed by atoms with Gasteiger partial charge in [0.15, 0.2) is 0 Å². The number of rotatable bonds is 4. The summed E-state index contributed by atoms with van der Waals surface area (Å²) >= 11 is 5.40. The van der Waals surface area contributed by atoms with Gasteiger partial charge in [-0.05, 0) is 37.0 Å². The van der Waals surface area contributed by atoms with Crippen LogP contribution in [0, 0.1) is 5.92 Å². The standard InChI is InChI=1S/C15H22BrNS/c16-13-8-5-9-14(10-13)18-11-15(17)12-6-3-1-2-4-7-12/h5,8-10,12,15H,1-4,6-7,11,17H2. The molecule has 0 aromatic heterocycles. The van der Waals surface area contributed by atoms with Gasteiger partial charge >= 0.3 is 0 Å². The Balaban J connectivity index is 1.81. The van der Waals surface area contributed by atoms with Crippen LogP contribution < -0.4 is 5.73 Å². The minimum absolute atomic E-state index is 0.354. The highest BCUT2D eigenvalue weighted by Crippen LogP contribution is 2.28. The van der Waals surface area contributed by atoms with E-state index in [1.807, 2.05) is 11.8 Å². The monoisotopic (exact) mass is 327 g/mol. The largest absolute Gasteiger partial charge is 0.327 e. The molecule has 0 radical (unpaired) electrons. The molecular formula is C15H22BrNS. The molecule has 1 atom stereocenters. The van der Waals surface area contributed by atoms with Gasteiger partial charge < -0.3 is 5.73 Å². The Morgan fingerprint density at radius 1 is 1.22 bits per heavy atom. The molecule has 18 heavy (non-hydrogen) atoms. The van der Waals surface area contributed by atoms with Crippen LogP contribution in [0.25, 0.3) is 0 Å². The van der Waals surface area contributed by atoms with Crippen molar-refractivity contribution in [2.75, 3.05) is 5.75 Å². The molecule has 0 aliphatic heterocycles. The van der Waals surface area contributed by atoms with Crippen molar-refractivity contribution in [3.05, 3.63) is 28.7 Å². The zero-order valence-corrected chi connectivity index (χ0v) is 13.2. The van der Waals surface area contributed by atoms with Gasteiger partial charge in [0.25, 0.3) is 0 Å². The van der Waals surface area contributed by atoms with Gasteiger partial charge in [0.1, 0.15) is 0 Å². The number of halogens is 1. The second kappa shape index (κ2) is 7.56. The molecule has 0 spiro atoms. The first-order chi connectivity index (χ1) is 8.75. The van der Waals surface area contributed by atoms with Crippen LogP contribution in [0.5, 0.6) is 0 Å². The van der Waals surface area contributed by atoms with Crippen LogP contribution in [-0.2, 0) is 0 Å². The predicted octanol–water partition coefficient (Wildman–Crippen LogP) is 4.84. The van der Waals surface area contributed by atoms with Crippen LogP contribution >= 0.6 is 27.7 Å². The van der Waals surface area contributed by atoms with Gasteiger partial charge in [-0.2, -0.15) is 0 Å². The summed E-state index contributed by atoms with van der Waals surface area (Å²) in [6, 6.07) is 8.84. The van der Waals surface area contributed by atoms with Crippen molar-refractivity contribution in [3.63, 3.8) is 0 Å². The van der Waals surface area contributed by atoms with Crippen molar-refractivity contribution < 1.29 is 0 Å². The Kier molecular flexibility index (Phi) is 6.06. The molecule has 2 rings (SSSR count). The third kappa shape index (κ3) is 4.60. The fourth-order valence-corrected chi connectivity index (χ4v) is 4.22. The Morgan fingerprint density at radius 2 is 1.94 bits per heavy atom. The van der Waals surface area contributed by atoms with E-state index in [1.165, 1.54) is 43.4 Å². The maximum absolute atomic E-state index is 6.37. The summed E-state index contributed by atoms with van der Waals surface area (Å²) in [5, 5.41) is 0. The van der Waals surface area contributed by atoms with Gasteiger partial charge in [-0.1, -0.05) is 47.7 Å². The molecule has 1 unspecified atom stereocenters. The summed E-state index contributed by atoms with van der Waals surface area (Å²) in [7, 11) is 0. The summed E-state index contributed by atoms with van der Waals surface area (Å²) in [6.45, 7) is 0. The molecule has 0 amide bonds. The van der Waals surface area contributed by atoms with Crippen molar-refractivity contribution >= 4 is 27.7 Å². The summed E-state index contributed by atoms with van der Waals surface area (Å²) in [4.78, 5) is 1.31. The van der Waals surface area contributed by atoms with E-state index >= 15 is 0 Å². The highest BCUT2D eigenvalue weighted by Gasteiger charge is 2.19. The Hall–Kier alpha value is 0.01000. The molecule has 1 fully saturated rings. The third-order valence-corrected chi connectivity index (χ3v) is 5.38. The zero-order valence-electron chi connectivity index (χ0n) is 10.8. The summed E-state index contributed by atoms with van der Waals surface area (Å²) in [5.41, 5.74) is 6.37. The van der Waals surface area contributed by atoms with Crippen LogP contribution in [0.15, 0.2) is 33.6 Å². The van der Waals surface area contributed by atoms with Crippen molar-refractivity contribution in [1.29, 1.82) is 0 Å². The molecule has 0 bridgehead atoms. The molecular weight excluding hydrogens is 306 g/mol.